The number of anilines is 1. The predicted octanol–water partition coefficient (Wildman–Crippen LogP) is 3.11. The highest BCUT2D eigenvalue weighted by molar-refractivity contribution is 6.15. The summed E-state index contributed by atoms with van der Waals surface area (Å²) < 4.78 is 11.8. The molecule has 3 saturated heterocycles. The van der Waals surface area contributed by atoms with Crippen LogP contribution in [-0.2, 0) is 24.5 Å². The van der Waals surface area contributed by atoms with Crippen LogP contribution in [0.4, 0.5) is 5.69 Å². The van der Waals surface area contributed by atoms with Crippen molar-refractivity contribution in [2.45, 2.75) is 127 Å². The minimum Gasteiger partial charge on any atom is -0.461 e. The van der Waals surface area contributed by atoms with E-state index in [2.05, 4.69) is 22.5 Å². The Morgan fingerprint density at radius 1 is 1.18 bits per heavy atom. The summed E-state index contributed by atoms with van der Waals surface area (Å²) in [6, 6.07) is 5.31. The number of ketones is 1. The third-order valence-corrected chi connectivity index (χ3v) is 12.5. The van der Waals surface area contributed by atoms with Crippen LogP contribution in [0, 0.1) is 11.3 Å². The van der Waals surface area contributed by atoms with E-state index in [1.165, 1.54) is 0 Å². The van der Waals surface area contributed by atoms with Gasteiger partial charge in [-0.3, -0.25) is 24.2 Å². The molecule has 10 nitrogen and oxygen atoms in total. The van der Waals surface area contributed by atoms with Crippen LogP contribution in [0.3, 0.4) is 0 Å². The lowest BCUT2D eigenvalue weighted by Crippen LogP contribution is -2.75. The maximum atomic E-state index is 14.4. The second-order valence-electron chi connectivity index (χ2n) is 16.1. The van der Waals surface area contributed by atoms with E-state index in [4.69, 9.17) is 9.47 Å². The van der Waals surface area contributed by atoms with Gasteiger partial charge in [0, 0.05) is 36.0 Å². The zero-order chi connectivity index (χ0) is 33.1. The van der Waals surface area contributed by atoms with Gasteiger partial charge in [-0.1, -0.05) is 39.8 Å². The van der Waals surface area contributed by atoms with Crippen LogP contribution >= 0.6 is 0 Å². The molecule has 3 N–H and O–H groups in total. The quantitative estimate of drug-likeness (QED) is 0.239. The number of hydrogen-bond acceptors (Lipinski definition) is 9. The topological polar surface area (TPSA) is 124 Å². The Kier molecular flexibility index (Phi) is 7.46. The molecule has 1 saturated carbocycles. The Balaban J connectivity index is 1.35. The van der Waals surface area contributed by atoms with Gasteiger partial charge in [-0.2, -0.15) is 0 Å². The molecule has 4 aliphatic heterocycles. The molecule has 1 aliphatic carbocycles. The van der Waals surface area contributed by atoms with E-state index >= 15 is 0 Å². The van der Waals surface area contributed by atoms with Crippen molar-refractivity contribution in [1.29, 1.82) is 0 Å². The number of para-hydroxylation sites is 1. The zero-order valence-electron chi connectivity index (χ0n) is 28.6. The molecular formula is C35H52N4O6. The van der Waals surface area contributed by atoms with Gasteiger partial charge in [-0.25, -0.2) is 0 Å². The standard InChI is InChI=1S/C35H52N4O6/c1-19(2)26(38(9)10)29(41)44-22-14-20(3)39-18-33(36-8)17-34(32(6,7)35(33,43)16-21(39)15-22)24-13-11-12-23(25(24)37-30(34)42)27(40)28-31(4,5)45-28/h11-13,19-22,26,28,36,43H,14-18H2,1-10H3,(H,37,42)/t20-,21+,22+,26+,28-,33+,34-,35-/m0/s1. The van der Waals surface area contributed by atoms with Gasteiger partial charge >= 0.3 is 5.97 Å². The molecule has 0 radical (unpaired) electrons. The first-order valence-corrected chi connectivity index (χ1v) is 16.6. The monoisotopic (exact) mass is 624 g/mol. The van der Waals surface area contributed by atoms with E-state index < -0.39 is 33.7 Å². The van der Waals surface area contributed by atoms with Crippen LogP contribution in [0.15, 0.2) is 18.2 Å². The average Bonchev–Trinajstić information content (AvgIpc) is 3.42. The van der Waals surface area contributed by atoms with Gasteiger partial charge in [-0.05, 0) is 78.7 Å². The highest BCUT2D eigenvalue weighted by atomic mass is 16.6. The molecular weight excluding hydrogens is 572 g/mol. The molecule has 4 heterocycles. The summed E-state index contributed by atoms with van der Waals surface area (Å²) >= 11 is 0. The normalized spacial score (nSPS) is 38.5. The van der Waals surface area contributed by atoms with Gasteiger partial charge < -0.3 is 25.2 Å². The smallest absolute Gasteiger partial charge is 0.323 e. The Hall–Kier alpha value is -2.37. The summed E-state index contributed by atoms with van der Waals surface area (Å²) in [5.41, 5.74) is -2.83. The highest BCUT2D eigenvalue weighted by Crippen LogP contribution is 2.69. The minimum atomic E-state index is -1.29. The molecule has 1 amide bonds. The number of epoxide rings is 1. The molecule has 8 atom stereocenters. The fourth-order valence-electron chi connectivity index (χ4n) is 9.91. The molecule has 0 unspecified atom stereocenters. The van der Waals surface area contributed by atoms with Gasteiger partial charge in [0.1, 0.15) is 18.2 Å². The second kappa shape index (κ2) is 10.3. The first kappa shape index (κ1) is 32.6. The summed E-state index contributed by atoms with van der Waals surface area (Å²) in [4.78, 5) is 45.5. The largest absolute Gasteiger partial charge is 0.461 e. The molecule has 45 heavy (non-hydrogen) atoms. The summed E-state index contributed by atoms with van der Waals surface area (Å²) in [6.07, 6.45) is 1.34. The van der Waals surface area contributed by atoms with E-state index in [1.54, 1.807) is 6.07 Å². The number of aliphatic hydroxyl groups is 1. The Morgan fingerprint density at radius 2 is 1.84 bits per heavy atom. The number of nitrogens with zero attached hydrogens (tertiary/aromatic N) is 2. The summed E-state index contributed by atoms with van der Waals surface area (Å²) in [5, 5.41) is 19.7. The Bertz CT molecular complexity index is 1420. The van der Waals surface area contributed by atoms with Gasteiger partial charge in [0.2, 0.25) is 5.91 Å². The molecule has 1 aromatic carbocycles. The van der Waals surface area contributed by atoms with Crippen LogP contribution in [0.2, 0.25) is 0 Å². The molecule has 6 rings (SSSR count). The Morgan fingerprint density at radius 3 is 2.42 bits per heavy atom. The van der Waals surface area contributed by atoms with Crippen LogP contribution < -0.4 is 10.6 Å². The van der Waals surface area contributed by atoms with Crippen molar-refractivity contribution in [1.82, 2.24) is 15.1 Å². The number of rotatable bonds is 7. The number of esters is 1. The fourth-order valence-corrected chi connectivity index (χ4v) is 9.91. The number of nitrogens with one attached hydrogen (secondary N) is 2. The van der Waals surface area contributed by atoms with Crippen molar-refractivity contribution >= 4 is 23.3 Å². The molecule has 10 heteroatoms. The van der Waals surface area contributed by atoms with Gasteiger partial charge in [0.25, 0.3) is 0 Å². The van der Waals surface area contributed by atoms with E-state index in [0.717, 1.165) is 5.56 Å². The lowest BCUT2D eigenvalue weighted by molar-refractivity contribution is -0.185. The number of hydrogen-bond donors (Lipinski definition) is 3. The Labute approximate surface area is 267 Å². The van der Waals surface area contributed by atoms with E-state index in [1.807, 2.05) is 79.7 Å². The molecule has 4 fully saturated rings. The average molecular weight is 625 g/mol. The number of likely N-dealkylation sites (N-methyl/N-ethyl adjacent to an activating group) is 2. The maximum absolute atomic E-state index is 14.4. The highest BCUT2D eigenvalue weighted by Gasteiger charge is 2.79. The summed E-state index contributed by atoms with van der Waals surface area (Å²) in [6.45, 7) is 14.6. The zero-order valence-corrected chi connectivity index (χ0v) is 28.6. The minimum absolute atomic E-state index is 0.0320. The molecule has 0 aromatic heterocycles. The molecule has 5 aliphatic rings. The number of piperidine rings is 2. The first-order chi connectivity index (χ1) is 20.9. The van der Waals surface area contributed by atoms with Crippen molar-refractivity contribution in [2.24, 2.45) is 11.3 Å². The number of benzene rings is 1. The predicted molar refractivity (Wildman–Crippen MR) is 171 cm³/mol. The van der Waals surface area contributed by atoms with Crippen LogP contribution in [0.5, 0.6) is 0 Å². The third kappa shape index (κ3) is 4.35. The molecule has 1 aromatic rings. The fraction of sp³-hybridized carbons (Fsp3) is 0.743. The van der Waals surface area contributed by atoms with Crippen LogP contribution in [0.1, 0.15) is 90.1 Å². The van der Waals surface area contributed by atoms with E-state index in [9.17, 15) is 19.5 Å². The van der Waals surface area contributed by atoms with Crippen LogP contribution in [0.25, 0.3) is 0 Å². The van der Waals surface area contributed by atoms with Crippen molar-refractivity contribution in [2.75, 3.05) is 33.0 Å². The molecule has 0 bridgehead atoms. The second-order valence-corrected chi connectivity index (χ2v) is 16.1. The molecule has 1 spiro atoms. The van der Waals surface area contributed by atoms with Crippen LogP contribution in [-0.4, -0.2) is 107 Å². The lowest BCUT2D eigenvalue weighted by Gasteiger charge is -2.60. The number of carbonyl (C=O) groups excluding carboxylic acids is 3. The number of fused-ring (bicyclic) bond motifs is 4. The van der Waals surface area contributed by atoms with Crippen molar-refractivity contribution in [3.05, 3.63) is 29.3 Å². The van der Waals surface area contributed by atoms with Gasteiger partial charge in [0.15, 0.2) is 5.78 Å². The number of ether oxygens (including phenoxy) is 2. The van der Waals surface area contributed by atoms with Crippen molar-refractivity contribution in [3.63, 3.8) is 0 Å². The summed E-state index contributed by atoms with van der Waals surface area (Å²) in [7, 11) is 5.69. The number of Topliss-reactive ketones (excluding diaryl/α,β-unsaturated/α-hetero) is 1. The molecule has 248 valence electrons. The third-order valence-electron chi connectivity index (χ3n) is 12.5. The lowest BCUT2D eigenvalue weighted by atomic mass is 9.57. The first-order valence-electron chi connectivity index (χ1n) is 16.6. The summed E-state index contributed by atoms with van der Waals surface area (Å²) in [5.74, 6) is -0.404. The van der Waals surface area contributed by atoms with Crippen molar-refractivity contribution in [3.8, 4) is 0 Å². The van der Waals surface area contributed by atoms with Gasteiger partial charge in [0.05, 0.1) is 27.8 Å². The maximum Gasteiger partial charge on any atom is 0.323 e. The number of carbonyl (C=O) groups is 3. The SMILES string of the molecule is CN[C@]12CN3[C@H](C[C@H](OC(=O)[C@@H](C(C)C)N(C)C)C[C@@H]3C)C[C@]1(O)C(C)(C)[C@]1(C2)C(=O)Nc2c(C(=O)[C@@H]3OC3(C)C)cccc21. The van der Waals surface area contributed by atoms with Gasteiger partial charge in [-0.15, -0.1) is 0 Å². The van der Waals surface area contributed by atoms with Crippen molar-refractivity contribution < 1.29 is 29.0 Å². The van der Waals surface area contributed by atoms with E-state index in [-0.39, 0.29) is 47.8 Å². The number of amides is 1. The van der Waals surface area contributed by atoms with E-state index in [0.29, 0.717) is 43.5 Å².